The Labute approximate surface area is 177 Å². The maximum atomic E-state index is 13.1. The number of hydrogen-bond acceptors (Lipinski definition) is 5. The molecule has 0 fully saturated rings. The lowest BCUT2D eigenvalue weighted by molar-refractivity contribution is -0.147. The number of pyridine rings is 1. The molecule has 0 aliphatic heterocycles. The highest BCUT2D eigenvalue weighted by molar-refractivity contribution is 7.16. The quantitative estimate of drug-likeness (QED) is 0.446. The predicted molar refractivity (Wildman–Crippen MR) is 117 cm³/mol. The SMILES string of the molecule is CCOC(=O)C(CC)n1c(=NC(=O)c2nccc3ccccc23)sc2ccccc21. The highest BCUT2D eigenvalue weighted by Crippen LogP contribution is 2.24. The van der Waals surface area contributed by atoms with Gasteiger partial charge in [-0.05, 0) is 36.9 Å². The second-order valence-corrected chi connectivity index (χ2v) is 7.71. The van der Waals surface area contributed by atoms with Crippen molar-refractivity contribution < 1.29 is 14.3 Å². The van der Waals surface area contributed by atoms with Crippen LogP contribution in [0.15, 0.2) is 65.8 Å². The van der Waals surface area contributed by atoms with E-state index in [-0.39, 0.29) is 5.97 Å². The van der Waals surface area contributed by atoms with Crippen molar-refractivity contribution in [3.63, 3.8) is 0 Å². The van der Waals surface area contributed by atoms with E-state index < -0.39 is 11.9 Å². The van der Waals surface area contributed by atoms with E-state index in [0.717, 1.165) is 21.0 Å². The lowest BCUT2D eigenvalue weighted by Gasteiger charge is -2.16. The van der Waals surface area contributed by atoms with Crippen LogP contribution in [0, 0.1) is 0 Å². The lowest BCUT2D eigenvalue weighted by Crippen LogP contribution is -2.29. The minimum absolute atomic E-state index is 0.293. The molecule has 0 saturated carbocycles. The molecule has 0 N–H and O–H groups in total. The second-order valence-electron chi connectivity index (χ2n) is 6.70. The van der Waals surface area contributed by atoms with Crippen molar-refractivity contribution in [2.75, 3.05) is 6.61 Å². The Hall–Kier alpha value is -3.32. The van der Waals surface area contributed by atoms with Crippen molar-refractivity contribution in [2.24, 2.45) is 4.99 Å². The molecule has 2 aromatic heterocycles. The highest BCUT2D eigenvalue weighted by Gasteiger charge is 2.24. The van der Waals surface area contributed by atoms with Crippen LogP contribution in [-0.4, -0.2) is 28.0 Å². The van der Waals surface area contributed by atoms with Crippen molar-refractivity contribution in [1.82, 2.24) is 9.55 Å². The van der Waals surface area contributed by atoms with E-state index in [1.54, 1.807) is 17.7 Å². The number of fused-ring (bicyclic) bond motifs is 2. The van der Waals surface area contributed by atoms with Crippen LogP contribution in [0.3, 0.4) is 0 Å². The molecule has 152 valence electrons. The molecule has 2 aromatic carbocycles. The summed E-state index contributed by atoms with van der Waals surface area (Å²) in [5.41, 5.74) is 1.14. The van der Waals surface area contributed by atoms with Gasteiger partial charge in [0.15, 0.2) is 4.80 Å². The highest BCUT2D eigenvalue weighted by atomic mass is 32.1. The number of hydrogen-bond donors (Lipinski definition) is 0. The molecule has 1 unspecified atom stereocenters. The summed E-state index contributed by atoms with van der Waals surface area (Å²) in [6.07, 6.45) is 2.13. The molecule has 0 radical (unpaired) electrons. The van der Waals surface area contributed by atoms with Crippen LogP contribution in [0.25, 0.3) is 21.0 Å². The van der Waals surface area contributed by atoms with Crippen molar-refractivity contribution >= 4 is 44.2 Å². The standard InChI is InChI=1S/C23H21N3O3S/c1-3-17(22(28)29-4-2)26-18-11-7-8-12-19(18)30-23(26)25-21(27)20-16-10-6-5-9-15(16)13-14-24-20/h5-14,17H,3-4H2,1-2H3. The zero-order chi connectivity index (χ0) is 21.1. The monoisotopic (exact) mass is 419 g/mol. The molecular formula is C23H21N3O3S. The number of nitrogens with zero attached hydrogens (tertiary/aromatic N) is 3. The second kappa shape index (κ2) is 8.59. The van der Waals surface area contributed by atoms with Gasteiger partial charge in [0.25, 0.3) is 5.91 Å². The number of ether oxygens (including phenoxy) is 1. The molecular weight excluding hydrogens is 398 g/mol. The van der Waals surface area contributed by atoms with E-state index in [0.29, 0.717) is 23.5 Å². The number of amides is 1. The van der Waals surface area contributed by atoms with E-state index >= 15 is 0 Å². The average Bonchev–Trinajstić information content (AvgIpc) is 3.12. The van der Waals surface area contributed by atoms with E-state index in [4.69, 9.17) is 4.74 Å². The molecule has 1 amide bonds. The Bertz CT molecular complexity index is 1300. The number of rotatable bonds is 5. The number of thiazole rings is 1. The van der Waals surface area contributed by atoms with Gasteiger partial charge in [-0.3, -0.25) is 9.78 Å². The van der Waals surface area contributed by atoms with Gasteiger partial charge in [0.05, 0.1) is 16.8 Å². The minimum Gasteiger partial charge on any atom is -0.464 e. The topological polar surface area (TPSA) is 73.6 Å². The Morgan fingerprint density at radius 3 is 2.67 bits per heavy atom. The van der Waals surface area contributed by atoms with Crippen LogP contribution in [-0.2, 0) is 9.53 Å². The lowest BCUT2D eigenvalue weighted by atomic mass is 10.1. The van der Waals surface area contributed by atoms with Crippen molar-refractivity contribution in [3.05, 3.63) is 71.3 Å². The van der Waals surface area contributed by atoms with Gasteiger partial charge in [-0.15, -0.1) is 0 Å². The van der Waals surface area contributed by atoms with Gasteiger partial charge >= 0.3 is 5.97 Å². The predicted octanol–water partition coefficient (Wildman–Crippen LogP) is 4.51. The number of esters is 1. The van der Waals surface area contributed by atoms with E-state index in [1.165, 1.54) is 11.3 Å². The maximum absolute atomic E-state index is 13.1. The normalized spacial score (nSPS) is 12.9. The number of aromatic nitrogens is 2. The molecule has 0 spiro atoms. The summed E-state index contributed by atoms with van der Waals surface area (Å²) in [7, 11) is 0. The van der Waals surface area contributed by atoms with E-state index in [2.05, 4.69) is 9.98 Å². The molecule has 0 saturated heterocycles. The smallest absolute Gasteiger partial charge is 0.329 e. The number of carbonyl (C=O) groups excluding carboxylic acids is 2. The molecule has 0 aliphatic carbocycles. The third kappa shape index (κ3) is 3.64. The van der Waals surface area contributed by atoms with Gasteiger partial charge in [0.1, 0.15) is 11.7 Å². The number of carbonyl (C=O) groups is 2. The summed E-state index contributed by atoms with van der Waals surface area (Å²) < 4.78 is 8.02. The van der Waals surface area contributed by atoms with Gasteiger partial charge < -0.3 is 9.30 Å². The molecule has 4 rings (SSSR count). The van der Waals surface area contributed by atoms with Crippen molar-refractivity contribution in [2.45, 2.75) is 26.3 Å². The Kier molecular flexibility index (Phi) is 5.72. The summed E-state index contributed by atoms with van der Waals surface area (Å²) in [5, 5.41) is 1.67. The van der Waals surface area contributed by atoms with Crippen LogP contribution in [0.5, 0.6) is 0 Å². The van der Waals surface area contributed by atoms with Crippen molar-refractivity contribution in [1.29, 1.82) is 0 Å². The molecule has 2 heterocycles. The van der Waals surface area contributed by atoms with Gasteiger partial charge in [0, 0.05) is 11.6 Å². The number of benzene rings is 2. The first-order chi connectivity index (χ1) is 14.6. The maximum Gasteiger partial charge on any atom is 0.329 e. The van der Waals surface area contributed by atoms with E-state index in [1.807, 2.05) is 61.5 Å². The van der Waals surface area contributed by atoms with Crippen LogP contribution in [0.4, 0.5) is 0 Å². The van der Waals surface area contributed by atoms with E-state index in [9.17, 15) is 9.59 Å². The fourth-order valence-electron chi connectivity index (χ4n) is 3.49. The Morgan fingerprint density at radius 1 is 1.10 bits per heavy atom. The molecule has 30 heavy (non-hydrogen) atoms. The number of para-hydroxylation sites is 1. The molecule has 0 aliphatic rings. The minimum atomic E-state index is -0.562. The largest absolute Gasteiger partial charge is 0.464 e. The fourth-order valence-corrected chi connectivity index (χ4v) is 4.56. The Balaban J connectivity index is 1.90. The summed E-state index contributed by atoms with van der Waals surface area (Å²) in [6, 6.07) is 16.6. The first kappa shape index (κ1) is 20.0. The molecule has 0 bridgehead atoms. The Morgan fingerprint density at radius 2 is 1.87 bits per heavy atom. The van der Waals surface area contributed by atoms with Crippen LogP contribution < -0.4 is 4.80 Å². The third-order valence-electron chi connectivity index (χ3n) is 4.86. The zero-order valence-corrected chi connectivity index (χ0v) is 17.6. The van der Waals surface area contributed by atoms with Gasteiger partial charge in [0.2, 0.25) is 0 Å². The first-order valence-corrected chi connectivity index (χ1v) is 10.6. The molecule has 6 nitrogen and oxygen atoms in total. The summed E-state index contributed by atoms with van der Waals surface area (Å²) >= 11 is 1.37. The molecule has 4 aromatic rings. The third-order valence-corrected chi connectivity index (χ3v) is 5.90. The van der Waals surface area contributed by atoms with Crippen molar-refractivity contribution in [3.8, 4) is 0 Å². The average molecular weight is 420 g/mol. The van der Waals surface area contributed by atoms with Crippen LogP contribution >= 0.6 is 11.3 Å². The molecule has 7 heteroatoms. The van der Waals surface area contributed by atoms with Gasteiger partial charge in [-0.1, -0.05) is 54.7 Å². The van der Waals surface area contributed by atoms with Crippen LogP contribution in [0.1, 0.15) is 36.8 Å². The van der Waals surface area contributed by atoms with Crippen LogP contribution in [0.2, 0.25) is 0 Å². The first-order valence-electron chi connectivity index (χ1n) is 9.83. The van der Waals surface area contributed by atoms with Gasteiger partial charge in [-0.2, -0.15) is 4.99 Å². The molecule has 1 atom stereocenters. The van der Waals surface area contributed by atoms with Gasteiger partial charge in [-0.25, -0.2) is 4.79 Å². The summed E-state index contributed by atoms with van der Waals surface area (Å²) in [6.45, 7) is 3.99. The summed E-state index contributed by atoms with van der Waals surface area (Å²) in [5.74, 6) is -0.772. The zero-order valence-electron chi connectivity index (χ0n) is 16.7. The summed E-state index contributed by atoms with van der Waals surface area (Å²) in [4.78, 5) is 34.9. The fraction of sp³-hybridized carbons (Fsp3) is 0.217.